The summed E-state index contributed by atoms with van der Waals surface area (Å²) in [7, 11) is 1.20. The Morgan fingerprint density at radius 2 is 1.89 bits per heavy atom. The third-order valence-electron chi connectivity index (χ3n) is 2.53. The lowest BCUT2D eigenvalue weighted by molar-refractivity contribution is -0.137. The smallest absolute Gasteiger partial charge is 0.416 e. The van der Waals surface area contributed by atoms with Crippen LogP contribution in [-0.4, -0.2) is 29.4 Å². The first-order valence-electron chi connectivity index (χ1n) is 5.66. The van der Waals surface area contributed by atoms with Crippen molar-refractivity contribution in [3.05, 3.63) is 40.4 Å². The Kier molecular flexibility index (Phi) is 5.93. The number of carbonyl (C=O) groups is 2. The number of carbonyl (C=O) groups excluding carboxylic acids is 2. The van der Waals surface area contributed by atoms with E-state index in [4.69, 9.17) is 17.1 Å². The van der Waals surface area contributed by atoms with E-state index in [2.05, 4.69) is 9.53 Å². The summed E-state index contributed by atoms with van der Waals surface area (Å²) in [4.78, 5) is 25.8. The molecule has 0 bridgehead atoms. The normalized spacial score (nSPS) is 9.58. The van der Waals surface area contributed by atoms with Gasteiger partial charge in [0.05, 0.1) is 13.5 Å². The van der Waals surface area contributed by atoms with Crippen LogP contribution in [0.2, 0.25) is 5.02 Å². The second-order valence-electron chi connectivity index (χ2n) is 3.82. The van der Waals surface area contributed by atoms with Crippen LogP contribution in [0.4, 0.5) is 0 Å². The molecule has 0 aliphatic rings. The molecule has 0 heterocycles. The third kappa shape index (κ3) is 4.66. The maximum Gasteiger partial charge on any atom is 0.416 e. The zero-order chi connectivity index (χ0) is 14.3. The fraction of sp³-hybridized carbons (Fsp3) is 0.308. The van der Waals surface area contributed by atoms with Crippen LogP contribution in [-0.2, 0) is 9.53 Å². The molecule has 0 fully saturated rings. The van der Waals surface area contributed by atoms with Crippen molar-refractivity contribution in [1.82, 2.24) is 0 Å². The molecule has 0 aromatic heterocycles. The van der Waals surface area contributed by atoms with Crippen molar-refractivity contribution >= 4 is 29.1 Å². The second-order valence-corrected chi connectivity index (χ2v) is 4.26. The van der Waals surface area contributed by atoms with Crippen LogP contribution in [0.1, 0.15) is 29.6 Å². The van der Waals surface area contributed by atoms with Crippen molar-refractivity contribution in [3.8, 4) is 0 Å². The van der Waals surface area contributed by atoms with Gasteiger partial charge < -0.3 is 10.3 Å². The first kappa shape index (κ1) is 15.1. The Balaban J connectivity index is 2.49. The minimum atomic E-state index is -0.693. The molecule has 0 aliphatic carbocycles. The van der Waals surface area contributed by atoms with E-state index in [9.17, 15) is 9.59 Å². The first-order valence-corrected chi connectivity index (χ1v) is 6.04. The van der Waals surface area contributed by atoms with Gasteiger partial charge in [0, 0.05) is 17.0 Å². The number of ether oxygens (including phenoxy) is 1. The average molecular weight is 281 g/mol. The molecule has 0 spiro atoms. The number of halogens is 1. The summed E-state index contributed by atoms with van der Waals surface area (Å²) in [5, 5.41) is 0.567. The highest BCUT2D eigenvalue weighted by Gasteiger charge is 2.20. The minimum Gasteiger partial charge on any atom is -0.460 e. The van der Waals surface area contributed by atoms with Gasteiger partial charge in [0.1, 0.15) is 0 Å². The van der Waals surface area contributed by atoms with E-state index in [1.54, 1.807) is 24.3 Å². The van der Waals surface area contributed by atoms with Crippen LogP contribution >= 0.6 is 11.6 Å². The van der Waals surface area contributed by atoms with Gasteiger partial charge >= 0.3 is 11.7 Å². The van der Waals surface area contributed by atoms with Crippen LogP contribution in [0, 0.1) is 0 Å². The highest BCUT2D eigenvalue weighted by atomic mass is 35.5. The zero-order valence-corrected chi connectivity index (χ0v) is 11.2. The van der Waals surface area contributed by atoms with Crippen LogP contribution < -0.4 is 0 Å². The summed E-state index contributed by atoms with van der Waals surface area (Å²) in [6, 6.07) is 6.58. The van der Waals surface area contributed by atoms with Gasteiger partial charge in [-0.2, -0.15) is 4.79 Å². The predicted molar refractivity (Wildman–Crippen MR) is 70.3 cm³/mol. The van der Waals surface area contributed by atoms with Crippen molar-refractivity contribution in [2.75, 3.05) is 7.11 Å². The van der Waals surface area contributed by atoms with E-state index in [-0.39, 0.29) is 24.3 Å². The number of methoxy groups -OCH3 is 1. The lowest BCUT2D eigenvalue weighted by Gasteiger charge is -2.00. The third-order valence-corrected chi connectivity index (χ3v) is 2.78. The van der Waals surface area contributed by atoms with E-state index >= 15 is 0 Å². The maximum atomic E-state index is 11.8. The molecule has 19 heavy (non-hydrogen) atoms. The number of ketones is 1. The summed E-state index contributed by atoms with van der Waals surface area (Å²) in [6.45, 7) is 0. The Hall–Kier alpha value is -1.97. The molecule has 0 N–H and O–H groups in total. The number of benzene rings is 1. The van der Waals surface area contributed by atoms with E-state index in [0.717, 1.165) is 0 Å². The van der Waals surface area contributed by atoms with Crippen molar-refractivity contribution in [3.63, 3.8) is 0 Å². The highest BCUT2D eigenvalue weighted by Crippen LogP contribution is 2.12. The van der Waals surface area contributed by atoms with Gasteiger partial charge in [-0.1, -0.05) is 11.6 Å². The number of hydrogen-bond donors (Lipinski definition) is 0. The topological polar surface area (TPSA) is 79.8 Å². The van der Waals surface area contributed by atoms with Crippen molar-refractivity contribution in [2.24, 2.45) is 0 Å². The van der Waals surface area contributed by atoms with Gasteiger partial charge in [-0.05, 0) is 30.7 Å². The highest BCUT2D eigenvalue weighted by molar-refractivity contribution is 6.33. The number of hydrogen-bond acceptors (Lipinski definition) is 3. The Bertz CT molecular complexity index is 519. The van der Waals surface area contributed by atoms with E-state index in [1.807, 2.05) is 0 Å². The molecule has 100 valence electrons. The van der Waals surface area contributed by atoms with Crippen molar-refractivity contribution in [2.45, 2.75) is 19.3 Å². The number of Topliss-reactive ketones (excluding diaryl/α,β-unsaturated/α-hetero) is 1. The van der Waals surface area contributed by atoms with Crippen molar-refractivity contribution in [1.29, 1.82) is 0 Å². The SMILES string of the molecule is COC(=O)C(CCCC(=O)c1ccc(Cl)cc1)=[N+]=[N-]. The number of nitrogens with zero attached hydrogens (tertiary/aromatic N) is 2. The maximum absolute atomic E-state index is 11.8. The molecule has 0 saturated heterocycles. The molecule has 0 atom stereocenters. The van der Waals surface area contributed by atoms with Gasteiger partial charge in [-0.3, -0.25) is 4.79 Å². The Morgan fingerprint density at radius 1 is 1.26 bits per heavy atom. The molecular weight excluding hydrogens is 268 g/mol. The second kappa shape index (κ2) is 7.46. The molecule has 0 radical (unpaired) electrons. The molecular formula is C13H13ClN2O3. The monoisotopic (exact) mass is 280 g/mol. The summed E-state index contributed by atoms with van der Waals surface area (Å²) < 4.78 is 4.43. The van der Waals surface area contributed by atoms with E-state index in [0.29, 0.717) is 17.0 Å². The molecule has 0 aliphatic heterocycles. The molecule has 5 nitrogen and oxygen atoms in total. The summed E-state index contributed by atoms with van der Waals surface area (Å²) >= 11 is 5.73. The van der Waals surface area contributed by atoms with Gasteiger partial charge in [-0.25, -0.2) is 4.79 Å². The molecule has 1 aromatic rings. The lowest BCUT2D eigenvalue weighted by Crippen LogP contribution is -2.17. The predicted octanol–water partition coefficient (Wildman–Crippen LogP) is 2.54. The summed E-state index contributed by atoms with van der Waals surface area (Å²) in [5.74, 6) is -0.750. The quantitative estimate of drug-likeness (QED) is 0.264. The van der Waals surface area contributed by atoms with Gasteiger partial charge in [0.2, 0.25) is 0 Å². The van der Waals surface area contributed by atoms with Gasteiger partial charge in [-0.15, -0.1) is 0 Å². The van der Waals surface area contributed by atoms with Gasteiger partial charge in [0.15, 0.2) is 5.78 Å². The van der Waals surface area contributed by atoms with E-state index in [1.165, 1.54) is 7.11 Å². The molecule has 0 unspecified atom stereocenters. The van der Waals surface area contributed by atoms with Gasteiger partial charge in [0.25, 0.3) is 0 Å². The molecule has 1 aromatic carbocycles. The van der Waals surface area contributed by atoms with Crippen LogP contribution in [0.3, 0.4) is 0 Å². The molecule has 1 rings (SSSR count). The Morgan fingerprint density at radius 3 is 2.42 bits per heavy atom. The van der Waals surface area contributed by atoms with Crippen LogP contribution in [0.5, 0.6) is 0 Å². The van der Waals surface area contributed by atoms with Crippen LogP contribution in [0.25, 0.3) is 5.53 Å². The van der Waals surface area contributed by atoms with E-state index < -0.39 is 5.97 Å². The molecule has 0 amide bonds. The summed E-state index contributed by atoms with van der Waals surface area (Å²) in [6.07, 6.45) is 0.829. The minimum absolute atomic E-state index is 0.0566. The molecule has 0 saturated carbocycles. The first-order chi connectivity index (χ1) is 9.08. The fourth-order valence-electron chi connectivity index (χ4n) is 1.51. The number of rotatable bonds is 6. The zero-order valence-electron chi connectivity index (χ0n) is 10.4. The largest absolute Gasteiger partial charge is 0.460 e. The van der Waals surface area contributed by atoms with Crippen LogP contribution in [0.15, 0.2) is 24.3 Å². The summed E-state index contributed by atoms with van der Waals surface area (Å²) in [5.41, 5.74) is 9.10. The number of esters is 1. The average Bonchev–Trinajstić information content (AvgIpc) is 2.43. The van der Waals surface area contributed by atoms with Crippen molar-refractivity contribution < 1.29 is 19.1 Å². The molecule has 6 heteroatoms. The lowest BCUT2D eigenvalue weighted by atomic mass is 10.0. The Labute approximate surface area is 115 Å². The fourth-order valence-corrected chi connectivity index (χ4v) is 1.63. The standard InChI is InChI=1S/C13H13ClN2O3/c1-19-13(18)11(16-15)3-2-4-12(17)9-5-7-10(14)8-6-9/h5-8H,2-4H2,1H3.